The lowest BCUT2D eigenvalue weighted by Gasteiger charge is -2.12. The van der Waals surface area contributed by atoms with Crippen LogP contribution in [0.5, 0.6) is 5.75 Å². The molecule has 0 aliphatic rings. The number of carbonyl (C=O) groups is 1. The number of aromatic hydroxyl groups is 1. The van der Waals surface area contributed by atoms with Gasteiger partial charge in [0, 0.05) is 0 Å². The third-order valence-electron chi connectivity index (χ3n) is 2.95. The molecular weight excluding hydrogens is 240 g/mol. The van der Waals surface area contributed by atoms with Crippen LogP contribution in [0.2, 0.25) is 0 Å². The number of benzene rings is 2. The number of hydrogen-bond donors (Lipinski definition) is 1. The molecule has 98 valence electrons. The normalized spacial score (nSPS) is 11.8. The molecule has 1 unspecified atom stereocenters. The smallest absolute Gasteiger partial charge is 0.313 e. The zero-order valence-electron chi connectivity index (χ0n) is 10.7. The topological polar surface area (TPSA) is 46.5 Å². The third-order valence-corrected chi connectivity index (χ3v) is 2.95. The van der Waals surface area contributed by atoms with E-state index in [-0.39, 0.29) is 18.3 Å². The number of esters is 1. The third kappa shape index (κ3) is 3.58. The summed E-state index contributed by atoms with van der Waals surface area (Å²) >= 11 is 0. The van der Waals surface area contributed by atoms with Crippen LogP contribution in [0.1, 0.15) is 24.0 Å². The molecule has 0 saturated heterocycles. The predicted molar refractivity (Wildman–Crippen MR) is 72.8 cm³/mol. The minimum atomic E-state index is -0.393. The summed E-state index contributed by atoms with van der Waals surface area (Å²) in [4.78, 5) is 11.9. The molecule has 2 aromatic carbocycles. The summed E-state index contributed by atoms with van der Waals surface area (Å²) in [7, 11) is 0. The molecule has 0 spiro atoms. The van der Waals surface area contributed by atoms with Crippen LogP contribution in [0.15, 0.2) is 54.6 Å². The van der Waals surface area contributed by atoms with E-state index in [2.05, 4.69) is 0 Å². The van der Waals surface area contributed by atoms with Crippen LogP contribution >= 0.6 is 0 Å². The summed E-state index contributed by atoms with van der Waals surface area (Å²) in [5, 5.41) is 9.40. The van der Waals surface area contributed by atoms with Crippen molar-refractivity contribution >= 4 is 5.97 Å². The highest BCUT2D eigenvalue weighted by molar-refractivity contribution is 5.77. The summed E-state index contributed by atoms with van der Waals surface area (Å²) < 4.78 is 5.26. The van der Waals surface area contributed by atoms with Crippen molar-refractivity contribution in [1.82, 2.24) is 0 Å². The first-order chi connectivity index (χ1) is 9.16. The van der Waals surface area contributed by atoms with Crippen LogP contribution in [0, 0.1) is 0 Å². The minimum absolute atomic E-state index is 0.153. The van der Waals surface area contributed by atoms with Gasteiger partial charge in [-0.3, -0.25) is 4.79 Å². The Balaban J connectivity index is 1.96. The Morgan fingerprint density at radius 1 is 1.16 bits per heavy atom. The fraction of sp³-hybridized carbons (Fsp3) is 0.188. The van der Waals surface area contributed by atoms with E-state index in [0.717, 1.165) is 11.1 Å². The molecule has 19 heavy (non-hydrogen) atoms. The van der Waals surface area contributed by atoms with Gasteiger partial charge in [0.2, 0.25) is 0 Å². The predicted octanol–water partition coefficient (Wildman–Crippen LogP) is 3.24. The fourth-order valence-corrected chi connectivity index (χ4v) is 1.78. The van der Waals surface area contributed by atoms with E-state index in [4.69, 9.17) is 4.74 Å². The average Bonchev–Trinajstić information content (AvgIpc) is 2.45. The number of carbonyl (C=O) groups excluding carboxylic acids is 1. The quantitative estimate of drug-likeness (QED) is 0.854. The van der Waals surface area contributed by atoms with Gasteiger partial charge in [-0.05, 0) is 30.2 Å². The van der Waals surface area contributed by atoms with E-state index in [1.807, 2.05) is 30.3 Å². The monoisotopic (exact) mass is 256 g/mol. The maximum absolute atomic E-state index is 11.9. The second-order valence-corrected chi connectivity index (χ2v) is 4.41. The first kappa shape index (κ1) is 13.1. The zero-order valence-corrected chi connectivity index (χ0v) is 10.7. The van der Waals surface area contributed by atoms with Crippen molar-refractivity contribution in [3.63, 3.8) is 0 Å². The van der Waals surface area contributed by atoms with Crippen molar-refractivity contribution in [3.05, 3.63) is 65.7 Å². The molecule has 2 aromatic rings. The first-order valence-corrected chi connectivity index (χ1v) is 6.16. The van der Waals surface area contributed by atoms with Gasteiger partial charge in [0.15, 0.2) is 0 Å². The highest BCUT2D eigenvalue weighted by Crippen LogP contribution is 2.21. The van der Waals surface area contributed by atoms with E-state index >= 15 is 0 Å². The summed E-state index contributed by atoms with van der Waals surface area (Å²) in [6.45, 7) is 2.03. The zero-order chi connectivity index (χ0) is 13.7. The number of phenols is 1. The van der Waals surface area contributed by atoms with Crippen molar-refractivity contribution in [1.29, 1.82) is 0 Å². The van der Waals surface area contributed by atoms with Crippen LogP contribution in [-0.2, 0) is 16.1 Å². The molecule has 0 aromatic heterocycles. The number of ether oxygens (including phenoxy) is 1. The van der Waals surface area contributed by atoms with E-state index in [1.54, 1.807) is 31.2 Å². The van der Waals surface area contributed by atoms with Crippen LogP contribution in [0.25, 0.3) is 0 Å². The van der Waals surface area contributed by atoms with Crippen molar-refractivity contribution in [2.45, 2.75) is 19.4 Å². The number of phenolic OH excluding ortho intramolecular Hbond substituents is 1. The maximum Gasteiger partial charge on any atom is 0.313 e. The fourth-order valence-electron chi connectivity index (χ4n) is 1.78. The largest absolute Gasteiger partial charge is 0.508 e. The van der Waals surface area contributed by atoms with Crippen LogP contribution < -0.4 is 0 Å². The average molecular weight is 256 g/mol. The van der Waals surface area contributed by atoms with E-state index in [0.29, 0.717) is 0 Å². The molecule has 3 nitrogen and oxygen atoms in total. The van der Waals surface area contributed by atoms with Gasteiger partial charge in [-0.25, -0.2) is 0 Å². The summed E-state index contributed by atoms with van der Waals surface area (Å²) in [5.41, 5.74) is 1.71. The molecule has 2 rings (SSSR count). The molecule has 0 aliphatic carbocycles. The van der Waals surface area contributed by atoms with Crippen molar-refractivity contribution in [3.8, 4) is 5.75 Å². The first-order valence-electron chi connectivity index (χ1n) is 6.16. The van der Waals surface area contributed by atoms with Gasteiger partial charge in [0.25, 0.3) is 0 Å². The second-order valence-electron chi connectivity index (χ2n) is 4.41. The minimum Gasteiger partial charge on any atom is -0.508 e. The van der Waals surface area contributed by atoms with Gasteiger partial charge in [0.1, 0.15) is 12.4 Å². The number of hydrogen-bond acceptors (Lipinski definition) is 3. The molecule has 1 atom stereocenters. The van der Waals surface area contributed by atoms with E-state index < -0.39 is 5.92 Å². The number of rotatable bonds is 4. The molecule has 0 radical (unpaired) electrons. The lowest BCUT2D eigenvalue weighted by atomic mass is 10.0. The van der Waals surface area contributed by atoms with Crippen molar-refractivity contribution in [2.24, 2.45) is 0 Å². The van der Waals surface area contributed by atoms with Gasteiger partial charge < -0.3 is 9.84 Å². The van der Waals surface area contributed by atoms with Crippen LogP contribution in [-0.4, -0.2) is 11.1 Å². The molecule has 0 amide bonds. The van der Waals surface area contributed by atoms with E-state index in [1.165, 1.54) is 0 Å². The Hall–Kier alpha value is -2.29. The molecule has 0 heterocycles. The Morgan fingerprint density at radius 2 is 1.89 bits per heavy atom. The molecule has 0 fully saturated rings. The van der Waals surface area contributed by atoms with E-state index in [9.17, 15) is 9.90 Å². The van der Waals surface area contributed by atoms with Gasteiger partial charge in [-0.2, -0.15) is 0 Å². The summed E-state index contributed by atoms with van der Waals surface area (Å²) in [5.74, 6) is -0.537. The van der Waals surface area contributed by atoms with Gasteiger partial charge >= 0.3 is 5.97 Å². The Morgan fingerprint density at radius 3 is 2.58 bits per heavy atom. The maximum atomic E-state index is 11.9. The SMILES string of the molecule is CC(C(=O)OCc1ccccc1)c1cccc(O)c1. The van der Waals surface area contributed by atoms with Gasteiger partial charge in [-0.1, -0.05) is 42.5 Å². The van der Waals surface area contributed by atoms with Crippen molar-refractivity contribution in [2.75, 3.05) is 0 Å². The van der Waals surface area contributed by atoms with Crippen molar-refractivity contribution < 1.29 is 14.6 Å². The van der Waals surface area contributed by atoms with Crippen LogP contribution in [0.4, 0.5) is 0 Å². The molecule has 0 bridgehead atoms. The molecule has 1 N–H and O–H groups in total. The summed E-state index contributed by atoms with van der Waals surface area (Å²) in [6.07, 6.45) is 0. The van der Waals surface area contributed by atoms with Gasteiger partial charge in [0.05, 0.1) is 5.92 Å². The Bertz CT molecular complexity index is 549. The molecule has 0 saturated carbocycles. The Kier molecular flexibility index (Phi) is 4.18. The highest BCUT2D eigenvalue weighted by atomic mass is 16.5. The standard InChI is InChI=1S/C16H16O3/c1-12(14-8-5-9-15(17)10-14)16(18)19-11-13-6-3-2-4-7-13/h2-10,12,17H,11H2,1H3. The lowest BCUT2D eigenvalue weighted by molar-refractivity contribution is -0.146. The highest BCUT2D eigenvalue weighted by Gasteiger charge is 2.17. The van der Waals surface area contributed by atoms with Crippen LogP contribution in [0.3, 0.4) is 0 Å². The molecule has 0 aliphatic heterocycles. The lowest BCUT2D eigenvalue weighted by Crippen LogP contribution is -2.13. The Labute approximate surface area is 112 Å². The summed E-state index contributed by atoms with van der Waals surface area (Å²) in [6, 6.07) is 16.2. The second kappa shape index (κ2) is 6.05. The molecule has 3 heteroatoms. The molecular formula is C16H16O3. The van der Waals surface area contributed by atoms with Gasteiger partial charge in [-0.15, -0.1) is 0 Å².